The second kappa shape index (κ2) is 6.75. The van der Waals surface area contributed by atoms with Crippen molar-refractivity contribution in [3.8, 4) is 5.75 Å². The van der Waals surface area contributed by atoms with Crippen LogP contribution in [0.1, 0.15) is 59.3 Å². The lowest BCUT2D eigenvalue weighted by Gasteiger charge is -2.59. The van der Waals surface area contributed by atoms with Crippen molar-refractivity contribution in [2.75, 3.05) is 13.1 Å². The minimum Gasteiger partial charge on any atom is -0.508 e. The summed E-state index contributed by atoms with van der Waals surface area (Å²) in [6.45, 7) is 1.95. The zero-order valence-electron chi connectivity index (χ0n) is 15.7. The maximum absolute atomic E-state index is 12.5. The first kappa shape index (κ1) is 17.4. The first-order valence-electron chi connectivity index (χ1n) is 10.3. The Hall–Kier alpha value is -1.65. The van der Waals surface area contributed by atoms with Gasteiger partial charge in [0.15, 0.2) is 5.78 Å². The quantitative estimate of drug-likeness (QED) is 0.775. The van der Waals surface area contributed by atoms with Crippen molar-refractivity contribution in [1.82, 2.24) is 4.90 Å². The van der Waals surface area contributed by atoms with Gasteiger partial charge in [0.1, 0.15) is 5.75 Å². The lowest BCUT2D eigenvalue weighted by molar-refractivity contribution is -0.0110. The molecular formula is C23H27NO2S. The number of rotatable bonds is 4. The summed E-state index contributed by atoms with van der Waals surface area (Å²) in [6.07, 6.45) is 8.02. The van der Waals surface area contributed by atoms with Crippen LogP contribution in [0.4, 0.5) is 0 Å². The van der Waals surface area contributed by atoms with Gasteiger partial charge in [-0.25, -0.2) is 0 Å². The number of phenolic OH excluding ortho intramolecular Hbond substituents is 1. The molecule has 1 aromatic carbocycles. The fourth-order valence-corrected chi connectivity index (χ4v) is 6.85. The largest absolute Gasteiger partial charge is 0.508 e. The number of benzene rings is 1. The predicted octanol–water partition coefficient (Wildman–Crippen LogP) is 4.79. The highest BCUT2D eigenvalue weighted by Gasteiger charge is 2.53. The van der Waals surface area contributed by atoms with Gasteiger partial charge in [0.2, 0.25) is 0 Å². The highest BCUT2D eigenvalue weighted by Crippen LogP contribution is 2.56. The molecule has 3 nitrogen and oxygen atoms in total. The SMILES string of the molecule is O=C(CCN1CC[C@]23CCCC[C@H]2[C@@H]1Cc1ccc(O)cc13)c1cccs1. The molecule has 2 heterocycles. The molecule has 2 aromatic rings. The molecule has 0 spiro atoms. The number of aromatic hydroxyl groups is 1. The summed E-state index contributed by atoms with van der Waals surface area (Å²) in [4.78, 5) is 16.0. The predicted molar refractivity (Wildman–Crippen MR) is 109 cm³/mol. The molecule has 1 saturated heterocycles. The highest BCUT2D eigenvalue weighted by molar-refractivity contribution is 7.12. The molecule has 4 heteroatoms. The zero-order valence-corrected chi connectivity index (χ0v) is 16.5. The van der Waals surface area contributed by atoms with Gasteiger partial charge in [0.25, 0.3) is 0 Å². The Morgan fingerprint density at radius 3 is 3.04 bits per heavy atom. The minimum absolute atomic E-state index is 0.253. The van der Waals surface area contributed by atoms with Crippen LogP contribution in [0.25, 0.3) is 0 Å². The van der Waals surface area contributed by atoms with E-state index < -0.39 is 0 Å². The summed E-state index contributed by atoms with van der Waals surface area (Å²) in [7, 11) is 0. The van der Waals surface area contributed by atoms with E-state index in [1.54, 1.807) is 11.3 Å². The molecule has 2 bridgehead atoms. The molecule has 2 aliphatic carbocycles. The Bertz CT molecular complexity index is 846. The van der Waals surface area contributed by atoms with E-state index in [0.717, 1.165) is 30.8 Å². The highest BCUT2D eigenvalue weighted by atomic mass is 32.1. The van der Waals surface area contributed by atoms with Crippen LogP contribution in [0.15, 0.2) is 35.7 Å². The molecule has 1 N–H and O–H groups in total. The summed E-state index contributed by atoms with van der Waals surface area (Å²) >= 11 is 1.55. The average Bonchev–Trinajstić information content (AvgIpc) is 3.22. The molecule has 1 aliphatic heterocycles. The summed E-state index contributed by atoms with van der Waals surface area (Å²) in [5.41, 5.74) is 3.10. The Morgan fingerprint density at radius 1 is 1.26 bits per heavy atom. The molecule has 1 saturated carbocycles. The monoisotopic (exact) mass is 381 g/mol. The van der Waals surface area contributed by atoms with Crippen molar-refractivity contribution in [2.24, 2.45) is 5.92 Å². The van der Waals surface area contributed by atoms with Crippen LogP contribution < -0.4 is 0 Å². The molecule has 0 radical (unpaired) electrons. The number of piperidine rings is 1. The van der Waals surface area contributed by atoms with Gasteiger partial charge >= 0.3 is 0 Å². The second-order valence-electron chi connectivity index (χ2n) is 8.56. The van der Waals surface area contributed by atoms with Gasteiger partial charge in [0, 0.05) is 24.4 Å². The van der Waals surface area contributed by atoms with Gasteiger partial charge in [-0.05, 0) is 72.9 Å². The summed E-state index contributed by atoms with van der Waals surface area (Å²) < 4.78 is 0. The summed E-state index contributed by atoms with van der Waals surface area (Å²) in [5.74, 6) is 1.37. The first-order valence-corrected chi connectivity index (χ1v) is 11.2. The zero-order chi connectivity index (χ0) is 18.4. The van der Waals surface area contributed by atoms with Crippen LogP contribution in [-0.2, 0) is 11.8 Å². The van der Waals surface area contributed by atoms with Gasteiger partial charge < -0.3 is 5.11 Å². The Labute approximate surface area is 165 Å². The topological polar surface area (TPSA) is 40.5 Å². The number of nitrogens with zero attached hydrogens (tertiary/aromatic N) is 1. The number of Topliss-reactive ketones (excluding diaryl/α,β-unsaturated/α-hetero) is 1. The first-order chi connectivity index (χ1) is 13.2. The van der Waals surface area contributed by atoms with Crippen molar-refractivity contribution < 1.29 is 9.90 Å². The summed E-state index contributed by atoms with van der Waals surface area (Å²) in [6, 6.07) is 10.5. The number of carbonyl (C=O) groups is 1. The fourth-order valence-electron chi connectivity index (χ4n) is 6.16. The maximum atomic E-state index is 12.5. The molecule has 3 atom stereocenters. The van der Waals surface area contributed by atoms with Crippen molar-refractivity contribution >= 4 is 17.1 Å². The molecule has 2 fully saturated rings. The average molecular weight is 382 g/mol. The third-order valence-corrected chi connectivity index (χ3v) is 8.27. The van der Waals surface area contributed by atoms with Gasteiger partial charge in [0.05, 0.1) is 4.88 Å². The van der Waals surface area contributed by atoms with Crippen LogP contribution in [0, 0.1) is 5.92 Å². The van der Waals surface area contributed by atoms with E-state index in [-0.39, 0.29) is 11.2 Å². The van der Waals surface area contributed by atoms with E-state index in [2.05, 4.69) is 17.0 Å². The molecule has 1 aromatic heterocycles. The number of phenols is 1. The van der Waals surface area contributed by atoms with E-state index in [0.29, 0.717) is 24.1 Å². The third-order valence-electron chi connectivity index (χ3n) is 7.36. The van der Waals surface area contributed by atoms with E-state index in [1.807, 2.05) is 23.6 Å². The normalized spacial score (nSPS) is 29.8. The number of thiophene rings is 1. The fraction of sp³-hybridized carbons (Fsp3) is 0.522. The van der Waals surface area contributed by atoms with Crippen LogP contribution in [-0.4, -0.2) is 34.9 Å². The molecular weight excluding hydrogens is 354 g/mol. The van der Waals surface area contributed by atoms with Gasteiger partial charge in [-0.15, -0.1) is 11.3 Å². The van der Waals surface area contributed by atoms with Crippen molar-refractivity contribution in [2.45, 2.75) is 56.4 Å². The standard InChI is InChI=1S/C23H27NO2S/c25-17-7-6-16-14-20-18-4-1-2-9-23(18,19(16)15-17)10-12-24(20)11-8-21(26)22-5-3-13-27-22/h3,5-7,13,15,18,20,25H,1-2,4,8-12,14H2/t18-,20-,23+/m0/s1. The smallest absolute Gasteiger partial charge is 0.174 e. The number of fused-ring (bicyclic) bond motifs is 1. The van der Waals surface area contributed by atoms with Crippen LogP contribution >= 0.6 is 11.3 Å². The van der Waals surface area contributed by atoms with Crippen LogP contribution in [0.5, 0.6) is 5.75 Å². The second-order valence-corrected chi connectivity index (χ2v) is 9.51. The Kier molecular flexibility index (Phi) is 4.36. The van der Waals surface area contributed by atoms with Crippen LogP contribution in [0.3, 0.4) is 0 Å². The van der Waals surface area contributed by atoms with Gasteiger partial charge in [-0.3, -0.25) is 9.69 Å². The van der Waals surface area contributed by atoms with E-state index >= 15 is 0 Å². The molecule has 0 unspecified atom stereocenters. The maximum Gasteiger partial charge on any atom is 0.174 e. The molecule has 142 valence electrons. The Balaban J connectivity index is 1.41. The molecule has 27 heavy (non-hydrogen) atoms. The Morgan fingerprint density at radius 2 is 2.19 bits per heavy atom. The lowest BCUT2D eigenvalue weighted by Crippen LogP contribution is -2.61. The van der Waals surface area contributed by atoms with E-state index in [1.165, 1.54) is 36.8 Å². The van der Waals surface area contributed by atoms with Crippen LogP contribution in [0.2, 0.25) is 0 Å². The van der Waals surface area contributed by atoms with E-state index in [9.17, 15) is 9.90 Å². The summed E-state index contributed by atoms with van der Waals surface area (Å²) in [5, 5.41) is 12.1. The van der Waals surface area contributed by atoms with Crippen molar-refractivity contribution in [3.63, 3.8) is 0 Å². The lowest BCUT2D eigenvalue weighted by atomic mass is 9.52. The van der Waals surface area contributed by atoms with Gasteiger partial charge in [-0.2, -0.15) is 0 Å². The third kappa shape index (κ3) is 2.85. The molecule has 3 aliphatic rings. The number of carbonyl (C=O) groups excluding carboxylic acids is 1. The number of ketones is 1. The van der Waals surface area contributed by atoms with Crippen molar-refractivity contribution in [1.29, 1.82) is 0 Å². The number of hydrogen-bond acceptors (Lipinski definition) is 4. The molecule has 5 rings (SSSR count). The van der Waals surface area contributed by atoms with Gasteiger partial charge in [-0.1, -0.05) is 25.0 Å². The van der Waals surface area contributed by atoms with Crippen molar-refractivity contribution in [3.05, 3.63) is 51.7 Å². The van der Waals surface area contributed by atoms with E-state index in [4.69, 9.17) is 0 Å². The number of likely N-dealkylation sites (tertiary alicyclic amines) is 1. The molecule has 0 amide bonds. The number of hydrogen-bond donors (Lipinski definition) is 1. The minimum atomic E-state index is 0.253.